The van der Waals surface area contributed by atoms with E-state index in [0.717, 1.165) is 35.0 Å². The average Bonchev–Trinajstić information content (AvgIpc) is 3.04. The van der Waals surface area contributed by atoms with Crippen LogP contribution in [0.1, 0.15) is 29.3 Å². The monoisotopic (exact) mass is 413 g/mol. The molecule has 0 spiro atoms. The first-order valence-electron chi connectivity index (χ1n) is 9.46. The number of aryl methyl sites for hydroxylation is 1. The van der Waals surface area contributed by atoms with E-state index in [-0.39, 0.29) is 17.2 Å². The average molecular weight is 414 g/mol. The lowest BCUT2D eigenvalue weighted by molar-refractivity contribution is -0.127. The second kappa shape index (κ2) is 8.09. The van der Waals surface area contributed by atoms with Crippen molar-refractivity contribution in [1.29, 1.82) is 0 Å². The topological polar surface area (TPSA) is 66.1 Å². The van der Waals surface area contributed by atoms with Crippen LogP contribution in [0.5, 0.6) is 0 Å². The molecule has 1 amide bonds. The summed E-state index contributed by atoms with van der Waals surface area (Å²) in [5.74, 6) is 0.919. The fourth-order valence-electron chi connectivity index (χ4n) is 3.58. The highest BCUT2D eigenvalue weighted by Crippen LogP contribution is 2.36. The zero-order valence-electron chi connectivity index (χ0n) is 16.0. The van der Waals surface area contributed by atoms with Crippen molar-refractivity contribution in [2.75, 3.05) is 12.8 Å². The summed E-state index contributed by atoms with van der Waals surface area (Å²) in [7, 11) is 1.80. The molecule has 0 radical (unpaired) electrons. The van der Waals surface area contributed by atoms with Crippen molar-refractivity contribution >= 4 is 39.2 Å². The van der Waals surface area contributed by atoms with E-state index in [2.05, 4.69) is 16.9 Å². The SMILES string of the molecule is C[C@H]1CCc2c(sc3nc(SCC(=O)N(C)Cc4ccccc4)[nH]c(=O)c23)C1. The fraction of sp³-hybridized carbons (Fsp3) is 0.381. The molecule has 2 heterocycles. The van der Waals surface area contributed by atoms with Gasteiger partial charge < -0.3 is 9.88 Å². The third kappa shape index (κ3) is 4.00. The van der Waals surface area contributed by atoms with Gasteiger partial charge in [0.05, 0.1) is 11.1 Å². The molecule has 1 N–H and O–H groups in total. The van der Waals surface area contributed by atoms with Crippen LogP contribution in [-0.4, -0.2) is 33.6 Å². The minimum Gasteiger partial charge on any atom is -0.341 e. The quantitative estimate of drug-likeness (QED) is 0.509. The van der Waals surface area contributed by atoms with Crippen molar-refractivity contribution in [2.24, 2.45) is 5.92 Å². The molecule has 146 valence electrons. The van der Waals surface area contributed by atoms with Crippen molar-refractivity contribution < 1.29 is 4.79 Å². The zero-order chi connectivity index (χ0) is 19.7. The number of amides is 1. The van der Waals surface area contributed by atoms with Crippen molar-refractivity contribution in [1.82, 2.24) is 14.9 Å². The van der Waals surface area contributed by atoms with Crippen LogP contribution in [-0.2, 0) is 24.2 Å². The fourth-order valence-corrected chi connectivity index (χ4v) is 5.83. The number of fused-ring (bicyclic) bond motifs is 3. The van der Waals surface area contributed by atoms with Crippen LogP contribution in [0.2, 0.25) is 0 Å². The second-order valence-electron chi connectivity index (χ2n) is 7.43. The Hall–Kier alpha value is -2.12. The first-order valence-corrected chi connectivity index (χ1v) is 11.3. The highest BCUT2D eigenvalue weighted by molar-refractivity contribution is 7.99. The number of thiophene rings is 1. The number of aromatic amines is 1. The molecule has 1 aliphatic carbocycles. The predicted molar refractivity (Wildman–Crippen MR) is 115 cm³/mol. The molecule has 2 aromatic heterocycles. The molecule has 28 heavy (non-hydrogen) atoms. The Labute approximate surface area is 172 Å². The largest absolute Gasteiger partial charge is 0.341 e. The minimum absolute atomic E-state index is 0.0101. The number of H-pyrrole nitrogens is 1. The summed E-state index contributed by atoms with van der Waals surface area (Å²) in [5, 5.41) is 1.27. The van der Waals surface area contributed by atoms with Crippen LogP contribution < -0.4 is 5.56 Å². The molecular formula is C21H23N3O2S2. The summed E-state index contributed by atoms with van der Waals surface area (Å²) in [6.07, 6.45) is 3.11. The summed E-state index contributed by atoms with van der Waals surface area (Å²) < 4.78 is 0. The van der Waals surface area contributed by atoms with Crippen LogP contribution >= 0.6 is 23.1 Å². The molecule has 0 aliphatic heterocycles. The number of nitrogens with one attached hydrogen (secondary N) is 1. The number of hydrogen-bond donors (Lipinski definition) is 1. The number of nitrogens with zero attached hydrogens (tertiary/aromatic N) is 2. The maximum atomic E-state index is 12.6. The Balaban J connectivity index is 1.46. The molecule has 3 aromatic rings. The third-order valence-corrected chi connectivity index (χ3v) is 7.17. The van der Waals surface area contributed by atoms with Crippen molar-refractivity contribution in [3.8, 4) is 0 Å². The molecule has 0 fully saturated rings. The molecule has 1 aromatic carbocycles. The van der Waals surface area contributed by atoms with Crippen molar-refractivity contribution in [3.05, 3.63) is 56.7 Å². The number of aromatic nitrogens is 2. The van der Waals surface area contributed by atoms with Crippen LogP contribution in [0.15, 0.2) is 40.3 Å². The van der Waals surface area contributed by atoms with Gasteiger partial charge in [-0.1, -0.05) is 49.0 Å². The van der Waals surface area contributed by atoms with E-state index in [1.54, 1.807) is 23.3 Å². The van der Waals surface area contributed by atoms with Crippen molar-refractivity contribution in [3.63, 3.8) is 0 Å². The maximum absolute atomic E-state index is 12.6. The maximum Gasteiger partial charge on any atom is 0.260 e. The van der Waals surface area contributed by atoms with E-state index in [4.69, 9.17) is 0 Å². The lowest BCUT2D eigenvalue weighted by atomic mass is 9.89. The van der Waals surface area contributed by atoms with E-state index < -0.39 is 0 Å². The third-order valence-electron chi connectivity index (χ3n) is 5.16. The van der Waals surface area contributed by atoms with Gasteiger partial charge in [-0.25, -0.2) is 4.98 Å². The molecule has 0 saturated heterocycles. The Morgan fingerprint density at radius 1 is 1.36 bits per heavy atom. The number of thioether (sulfide) groups is 1. The summed E-state index contributed by atoms with van der Waals surface area (Å²) in [6.45, 7) is 2.82. The Kier molecular flexibility index (Phi) is 5.55. The molecule has 0 saturated carbocycles. The van der Waals surface area contributed by atoms with Gasteiger partial charge in [-0.2, -0.15) is 0 Å². The Morgan fingerprint density at radius 3 is 2.93 bits per heavy atom. The van der Waals surface area contributed by atoms with Crippen LogP contribution in [0.3, 0.4) is 0 Å². The first kappa shape index (κ1) is 19.2. The van der Waals surface area contributed by atoms with Gasteiger partial charge in [-0.3, -0.25) is 9.59 Å². The standard InChI is InChI=1S/C21H23N3O2S2/c1-13-8-9-15-16(10-13)28-20-18(15)19(26)22-21(23-20)27-12-17(25)24(2)11-14-6-4-3-5-7-14/h3-7,13H,8-12H2,1-2H3,(H,22,23,26)/t13-/m0/s1. The van der Waals surface area contributed by atoms with Gasteiger partial charge in [0.1, 0.15) is 4.83 Å². The molecule has 4 rings (SSSR count). The van der Waals surface area contributed by atoms with Crippen LogP contribution in [0.25, 0.3) is 10.2 Å². The van der Waals surface area contributed by atoms with E-state index in [0.29, 0.717) is 17.6 Å². The molecular weight excluding hydrogens is 390 g/mol. The summed E-state index contributed by atoms with van der Waals surface area (Å²) in [4.78, 5) is 36.4. The van der Waals surface area contributed by atoms with E-state index in [1.807, 2.05) is 30.3 Å². The summed E-state index contributed by atoms with van der Waals surface area (Å²) in [5.41, 5.74) is 2.20. The predicted octanol–water partition coefficient (Wildman–Crippen LogP) is 3.86. The molecule has 5 nitrogen and oxygen atoms in total. The number of hydrogen-bond acceptors (Lipinski definition) is 5. The van der Waals surface area contributed by atoms with Gasteiger partial charge in [0.2, 0.25) is 5.91 Å². The Bertz CT molecular complexity index is 1060. The normalized spacial score (nSPS) is 16.1. The molecule has 0 bridgehead atoms. The van der Waals surface area contributed by atoms with Crippen LogP contribution in [0.4, 0.5) is 0 Å². The molecule has 1 aliphatic rings. The second-order valence-corrected chi connectivity index (χ2v) is 9.47. The molecule has 7 heteroatoms. The number of carbonyl (C=O) groups excluding carboxylic acids is 1. The van der Waals surface area contributed by atoms with E-state index in [1.165, 1.54) is 22.2 Å². The lowest BCUT2D eigenvalue weighted by Crippen LogP contribution is -2.28. The van der Waals surface area contributed by atoms with Gasteiger partial charge >= 0.3 is 0 Å². The summed E-state index contributed by atoms with van der Waals surface area (Å²) in [6, 6.07) is 9.90. The van der Waals surface area contributed by atoms with E-state index in [9.17, 15) is 9.59 Å². The number of benzene rings is 1. The van der Waals surface area contributed by atoms with Crippen molar-refractivity contribution in [2.45, 2.75) is 37.9 Å². The Morgan fingerprint density at radius 2 is 2.14 bits per heavy atom. The van der Waals surface area contributed by atoms with Gasteiger partial charge in [0.15, 0.2) is 5.16 Å². The zero-order valence-corrected chi connectivity index (χ0v) is 17.7. The number of carbonyl (C=O) groups is 1. The highest BCUT2D eigenvalue weighted by Gasteiger charge is 2.23. The highest BCUT2D eigenvalue weighted by atomic mass is 32.2. The van der Waals surface area contributed by atoms with E-state index >= 15 is 0 Å². The lowest BCUT2D eigenvalue weighted by Gasteiger charge is -2.17. The molecule has 1 atom stereocenters. The molecule has 0 unspecified atom stereocenters. The van der Waals surface area contributed by atoms with Gasteiger partial charge in [0.25, 0.3) is 5.56 Å². The van der Waals surface area contributed by atoms with Crippen LogP contribution in [0, 0.1) is 5.92 Å². The van der Waals surface area contributed by atoms with Gasteiger partial charge in [-0.05, 0) is 36.3 Å². The first-order chi connectivity index (χ1) is 13.5. The minimum atomic E-state index is -0.0790. The van der Waals surface area contributed by atoms with Gasteiger partial charge in [-0.15, -0.1) is 11.3 Å². The smallest absolute Gasteiger partial charge is 0.260 e. The summed E-state index contributed by atoms with van der Waals surface area (Å²) >= 11 is 2.93. The van der Waals surface area contributed by atoms with Gasteiger partial charge in [0, 0.05) is 18.5 Å². The number of rotatable bonds is 5.